The van der Waals surface area contributed by atoms with Crippen LogP contribution in [0.15, 0.2) is 29.0 Å². The van der Waals surface area contributed by atoms with E-state index >= 15 is 4.39 Å². The number of rotatable bonds is 10. The van der Waals surface area contributed by atoms with Crippen LogP contribution in [-0.2, 0) is 47.7 Å². The summed E-state index contributed by atoms with van der Waals surface area (Å²) < 4.78 is 48.5. The molecule has 6 aliphatic rings. The summed E-state index contributed by atoms with van der Waals surface area (Å²) in [6.07, 6.45) is -1.04. The molecule has 2 aliphatic heterocycles. The van der Waals surface area contributed by atoms with Gasteiger partial charge in [0, 0.05) is 42.2 Å². The molecular weight excluding hydrogens is 908 g/mol. The fourth-order valence-electron chi connectivity index (χ4n) is 14.1. The Kier molecular flexibility index (Phi) is 16.8. The Morgan fingerprint density at radius 2 is 1.63 bits per heavy atom. The number of halogens is 1. The lowest BCUT2D eigenvalue weighted by molar-refractivity contribution is -0.295. The van der Waals surface area contributed by atoms with Gasteiger partial charge in [0.15, 0.2) is 30.1 Å². The van der Waals surface area contributed by atoms with Crippen LogP contribution in [0.4, 0.5) is 4.39 Å². The number of alkyl halides is 1. The van der Waals surface area contributed by atoms with Crippen molar-refractivity contribution in [3.63, 3.8) is 0 Å². The number of oxime groups is 1. The molecule has 4 N–H and O–H groups in total. The van der Waals surface area contributed by atoms with E-state index in [0.29, 0.717) is 31.3 Å². The molecule has 3 saturated carbocycles. The number of fused-ring (bicyclic) bond motifs is 5. The Balaban J connectivity index is 1.24. The molecule has 5 fully saturated rings. The third-order valence-corrected chi connectivity index (χ3v) is 18.2. The second kappa shape index (κ2) is 21.0. The minimum Gasteiger partial charge on any atom is -0.462 e. The first-order valence-corrected chi connectivity index (χ1v) is 25.6. The maximum Gasteiger partial charge on any atom is 0.316 e. The molecule has 2 unspecified atom stereocenters. The average Bonchev–Trinajstić information content (AvgIpc) is 3.56. The summed E-state index contributed by atoms with van der Waals surface area (Å²) >= 11 is 0. The lowest BCUT2D eigenvalue weighted by atomic mass is 9.45. The summed E-state index contributed by atoms with van der Waals surface area (Å²) in [6, 6.07) is -0.329. The highest BCUT2D eigenvalue weighted by Crippen LogP contribution is 2.70. The molecule has 0 amide bonds. The fraction of sp³-hybridized carbons (Fsp3) is 0.830. The first kappa shape index (κ1) is 56.1. The van der Waals surface area contributed by atoms with Crippen LogP contribution in [0.5, 0.6) is 0 Å². The molecule has 0 bridgehead atoms. The summed E-state index contributed by atoms with van der Waals surface area (Å²) in [5, 5.41) is 51.8. The summed E-state index contributed by atoms with van der Waals surface area (Å²) in [5.74, 6) is -7.51. The van der Waals surface area contributed by atoms with E-state index in [9.17, 15) is 39.6 Å². The SMILES string of the molecule is CC[C@@H]1OC(=O)[C@H](C)C(=O)[C@H](C)[C@@H](O[C@@H]2O[C@H](C)C[C@H](N(C)C)[C@H]2O)[C@](C)(OC)C[C@@H](C)/C(=N/OCCOC(=O)[C@H]2[C@@H](C)CC3C4CCC5=CC(=O)C=C[C@]5(C)[C@@]4(F)[C@@H](O)C[C@@]32C)[C@H](C)[C@@H](O)[C@]1(C)O. The quantitative estimate of drug-likeness (QED) is 0.0945. The monoisotopic (exact) mass is 991 g/mol. The van der Waals surface area contributed by atoms with E-state index in [1.54, 1.807) is 40.7 Å². The molecule has 16 nitrogen and oxygen atoms in total. The molecule has 396 valence electrons. The van der Waals surface area contributed by atoms with Crippen LogP contribution in [0.2, 0.25) is 0 Å². The predicted octanol–water partition coefficient (Wildman–Crippen LogP) is 5.30. The summed E-state index contributed by atoms with van der Waals surface area (Å²) in [7, 11) is 5.17. The molecule has 70 heavy (non-hydrogen) atoms. The van der Waals surface area contributed by atoms with Crippen LogP contribution in [0, 0.1) is 58.2 Å². The number of aliphatic hydroxyl groups excluding tert-OH is 3. The molecular formula is C53H83FN2O14. The zero-order chi connectivity index (χ0) is 52.2. The van der Waals surface area contributed by atoms with Gasteiger partial charge in [-0.2, -0.15) is 0 Å². The number of ether oxygens (including phenoxy) is 5. The lowest BCUT2D eigenvalue weighted by Crippen LogP contribution is -2.66. The summed E-state index contributed by atoms with van der Waals surface area (Å²) in [6.45, 7) is 18.5. The number of esters is 2. The number of carbonyl (C=O) groups excluding carboxylic acids is 4. The van der Waals surface area contributed by atoms with Crippen molar-refractivity contribution in [2.45, 2.75) is 187 Å². The molecule has 17 heteroatoms. The first-order valence-electron chi connectivity index (χ1n) is 25.6. The van der Waals surface area contributed by atoms with Crippen LogP contribution in [0.3, 0.4) is 0 Å². The van der Waals surface area contributed by atoms with Crippen LogP contribution in [0.1, 0.15) is 121 Å². The van der Waals surface area contributed by atoms with Crippen molar-refractivity contribution in [2.75, 3.05) is 34.4 Å². The van der Waals surface area contributed by atoms with Gasteiger partial charge in [0.1, 0.15) is 30.3 Å². The number of cyclic esters (lactones) is 1. The van der Waals surface area contributed by atoms with Gasteiger partial charge in [-0.25, -0.2) is 4.39 Å². The van der Waals surface area contributed by atoms with E-state index in [2.05, 4.69) is 5.16 Å². The minimum atomic E-state index is -2.02. The number of carbonyl (C=O) groups is 4. The van der Waals surface area contributed by atoms with Gasteiger partial charge in [0.25, 0.3) is 0 Å². The van der Waals surface area contributed by atoms with Gasteiger partial charge in [0.2, 0.25) is 0 Å². The Bertz CT molecular complexity index is 2050. The van der Waals surface area contributed by atoms with Crippen molar-refractivity contribution >= 4 is 29.2 Å². The van der Waals surface area contributed by atoms with Gasteiger partial charge >= 0.3 is 11.9 Å². The Morgan fingerprint density at radius 3 is 2.26 bits per heavy atom. The fourth-order valence-corrected chi connectivity index (χ4v) is 14.1. The molecule has 0 radical (unpaired) electrons. The number of methoxy groups -OCH3 is 1. The Morgan fingerprint density at radius 1 is 0.957 bits per heavy atom. The van der Waals surface area contributed by atoms with Crippen LogP contribution in [-0.4, -0.2) is 155 Å². The molecule has 6 rings (SSSR count). The molecule has 0 aromatic rings. The maximum atomic E-state index is 17.7. The van der Waals surface area contributed by atoms with Gasteiger partial charge in [-0.05, 0) is 123 Å². The first-order chi connectivity index (χ1) is 32.5. The highest BCUT2D eigenvalue weighted by molar-refractivity contribution is 6.01. The standard InChI is InChI=1S/C53H83FN2O14/c1-15-39-52(11,64)44(61)30(5)41(28(3)25-51(10,65-14)45(31(6)42(59)32(7)46(62)69-39)70-48-43(60)37(56(12)13)23-29(4)68-48)55-67-21-20-66-47(63)40-27(2)22-36-35-17-16-33-24-34(57)18-19-50(33,9)53(35,54)38(58)26-49(36,40)8/h18-19,24,27-32,35-40,43-45,48,58,60-61,64H,15-17,20-23,25-26H2,1-14H3/b55-41-/t27-,28+,29+,30-,31-,32+,35?,36?,37-,38-,39-,40+,43+,44+,45+,48-,49-,50-,51+,52+,53-/m0/s1. The number of likely N-dealkylation sites (N-methyl/N-ethyl adjacent to an activating group) is 1. The van der Waals surface area contributed by atoms with Crippen LogP contribution < -0.4 is 0 Å². The average molecular weight is 991 g/mol. The van der Waals surface area contributed by atoms with Crippen LogP contribution in [0.25, 0.3) is 0 Å². The van der Waals surface area contributed by atoms with Gasteiger partial charge < -0.3 is 53.8 Å². The number of allylic oxidation sites excluding steroid dienone is 4. The molecule has 2 heterocycles. The van der Waals surface area contributed by atoms with Crippen molar-refractivity contribution in [3.05, 3.63) is 23.8 Å². The Labute approximate surface area is 414 Å². The highest BCUT2D eigenvalue weighted by atomic mass is 19.1. The van der Waals surface area contributed by atoms with Crippen molar-refractivity contribution in [1.82, 2.24) is 4.90 Å². The molecule has 0 spiro atoms. The second-order valence-electron chi connectivity index (χ2n) is 23.0. The molecule has 4 aliphatic carbocycles. The molecule has 2 saturated heterocycles. The zero-order valence-corrected chi connectivity index (χ0v) is 44.0. The third kappa shape index (κ3) is 9.84. The lowest BCUT2D eigenvalue weighted by Gasteiger charge is -2.61. The summed E-state index contributed by atoms with van der Waals surface area (Å²) in [4.78, 5) is 62.3. The van der Waals surface area contributed by atoms with Crippen LogP contribution >= 0.6 is 0 Å². The van der Waals surface area contributed by atoms with E-state index in [1.807, 2.05) is 46.7 Å². The van der Waals surface area contributed by atoms with E-state index in [0.717, 1.165) is 0 Å². The van der Waals surface area contributed by atoms with Crippen molar-refractivity contribution in [3.8, 4) is 0 Å². The summed E-state index contributed by atoms with van der Waals surface area (Å²) in [5.41, 5.74) is -6.31. The molecule has 21 atom stereocenters. The number of nitrogens with zero attached hydrogens (tertiary/aromatic N) is 2. The maximum absolute atomic E-state index is 17.7. The molecule has 0 aromatic heterocycles. The van der Waals surface area contributed by atoms with E-state index in [-0.39, 0.29) is 68.0 Å². The second-order valence-corrected chi connectivity index (χ2v) is 23.0. The number of hydrogen-bond acceptors (Lipinski definition) is 16. The minimum absolute atomic E-state index is 0.0474. The number of Topliss-reactive ketones (excluding diaryl/α,β-unsaturated/α-hetero) is 1. The van der Waals surface area contributed by atoms with E-state index in [1.165, 1.54) is 33.1 Å². The van der Waals surface area contributed by atoms with Gasteiger partial charge in [-0.15, -0.1) is 0 Å². The van der Waals surface area contributed by atoms with Crippen molar-refractivity contribution in [1.29, 1.82) is 0 Å². The predicted molar refractivity (Wildman–Crippen MR) is 257 cm³/mol. The topological polar surface area (TPSA) is 220 Å². The number of aliphatic hydroxyl groups is 4. The smallest absolute Gasteiger partial charge is 0.316 e. The highest BCUT2D eigenvalue weighted by Gasteiger charge is 2.72. The van der Waals surface area contributed by atoms with E-state index in [4.69, 9.17) is 28.5 Å². The van der Waals surface area contributed by atoms with Gasteiger partial charge in [-0.1, -0.05) is 58.3 Å². The van der Waals surface area contributed by atoms with Crippen molar-refractivity contribution < 1.29 is 72.5 Å². The Hall–Kier alpha value is -3.16. The van der Waals surface area contributed by atoms with Gasteiger partial charge in [0.05, 0.1) is 41.6 Å². The largest absolute Gasteiger partial charge is 0.462 e. The van der Waals surface area contributed by atoms with Crippen molar-refractivity contribution in [2.24, 2.45) is 63.3 Å². The van der Waals surface area contributed by atoms with Gasteiger partial charge in [-0.3, -0.25) is 19.2 Å². The third-order valence-electron chi connectivity index (χ3n) is 18.2. The number of hydrogen-bond donors (Lipinski definition) is 4. The van der Waals surface area contributed by atoms with E-state index < -0.39 is 118 Å². The normalized spacial score (nSPS) is 47.7. The molecule has 0 aromatic carbocycles. The zero-order valence-electron chi connectivity index (χ0n) is 44.0. The number of ketones is 2.